The van der Waals surface area contributed by atoms with Gasteiger partial charge in [0.1, 0.15) is 0 Å². The summed E-state index contributed by atoms with van der Waals surface area (Å²) in [5, 5.41) is 14.7. The third kappa shape index (κ3) is 4.55. The molecule has 110 valence electrons. The van der Waals surface area contributed by atoms with E-state index in [0.29, 0.717) is 12.2 Å². The number of carboxylic acids is 1. The number of nitrogens with zero attached hydrogens (tertiary/aromatic N) is 1. The zero-order valence-electron chi connectivity index (χ0n) is 12.1. The maximum absolute atomic E-state index is 12.0. The van der Waals surface area contributed by atoms with Crippen molar-refractivity contribution in [3.63, 3.8) is 0 Å². The van der Waals surface area contributed by atoms with Crippen LogP contribution in [-0.4, -0.2) is 49.2 Å². The molecule has 1 aromatic carbocycles. The Labute approximate surface area is 118 Å². The molecule has 0 bridgehead atoms. The normalized spacial score (nSPS) is 10.2. The molecule has 20 heavy (non-hydrogen) atoms. The van der Waals surface area contributed by atoms with Gasteiger partial charge in [-0.1, -0.05) is 6.07 Å². The summed E-state index contributed by atoms with van der Waals surface area (Å²) in [6.07, 6.45) is 0.856. The molecule has 2 amide bonds. The first-order chi connectivity index (χ1) is 9.45. The molecular weight excluding hydrogens is 258 g/mol. The predicted octanol–water partition coefficient (Wildman–Crippen LogP) is 1.77. The molecule has 0 aliphatic carbocycles. The number of benzene rings is 1. The van der Waals surface area contributed by atoms with Gasteiger partial charge in [0.15, 0.2) is 0 Å². The number of aromatic carboxylic acids is 1. The minimum absolute atomic E-state index is 0.156. The van der Waals surface area contributed by atoms with Gasteiger partial charge in [-0.15, -0.1) is 0 Å². The maximum Gasteiger partial charge on any atom is 0.335 e. The fourth-order valence-electron chi connectivity index (χ4n) is 1.69. The van der Waals surface area contributed by atoms with E-state index in [0.717, 1.165) is 18.5 Å². The largest absolute Gasteiger partial charge is 0.478 e. The van der Waals surface area contributed by atoms with E-state index >= 15 is 0 Å². The van der Waals surface area contributed by atoms with Gasteiger partial charge in [0, 0.05) is 19.3 Å². The van der Waals surface area contributed by atoms with Gasteiger partial charge in [0.2, 0.25) is 0 Å². The van der Waals surface area contributed by atoms with Crippen molar-refractivity contribution in [2.75, 3.05) is 32.5 Å². The van der Waals surface area contributed by atoms with Crippen LogP contribution in [0.4, 0.5) is 10.5 Å². The number of hydrogen-bond acceptors (Lipinski definition) is 3. The van der Waals surface area contributed by atoms with E-state index < -0.39 is 5.97 Å². The van der Waals surface area contributed by atoms with E-state index in [1.807, 2.05) is 14.0 Å². The van der Waals surface area contributed by atoms with Gasteiger partial charge in [0.25, 0.3) is 0 Å². The van der Waals surface area contributed by atoms with Crippen LogP contribution in [0.2, 0.25) is 0 Å². The lowest BCUT2D eigenvalue weighted by molar-refractivity contribution is 0.0697. The molecule has 0 saturated carbocycles. The molecule has 0 heterocycles. The molecular formula is C14H21N3O3. The summed E-state index contributed by atoms with van der Waals surface area (Å²) >= 11 is 0. The third-order valence-corrected chi connectivity index (χ3v) is 2.99. The maximum atomic E-state index is 12.0. The van der Waals surface area contributed by atoms with Gasteiger partial charge in [-0.25, -0.2) is 9.59 Å². The number of carbonyl (C=O) groups is 2. The fourth-order valence-corrected chi connectivity index (χ4v) is 1.69. The molecule has 0 radical (unpaired) electrons. The lowest BCUT2D eigenvalue weighted by Crippen LogP contribution is -2.33. The van der Waals surface area contributed by atoms with Crippen LogP contribution in [0.15, 0.2) is 18.2 Å². The first-order valence-electron chi connectivity index (χ1n) is 6.46. The standard InChI is InChI=1S/C14H21N3O3/c1-10-5-6-11(13(18)19)9-12(10)16-14(20)17(3)8-4-7-15-2/h5-6,9,15H,4,7-8H2,1-3H3,(H,16,20)(H,18,19). The molecule has 6 nitrogen and oxygen atoms in total. The Balaban J connectivity index is 2.69. The lowest BCUT2D eigenvalue weighted by atomic mass is 10.1. The summed E-state index contributed by atoms with van der Waals surface area (Å²) in [6.45, 7) is 3.29. The van der Waals surface area contributed by atoms with Gasteiger partial charge in [0.05, 0.1) is 5.56 Å². The van der Waals surface area contributed by atoms with Crippen LogP contribution in [0.1, 0.15) is 22.3 Å². The minimum Gasteiger partial charge on any atom is -0.478 e. The van der Waals surface area contributed by atoms with E-state index in [1.54, 1.807) is 18.0 Å². The topological polar surface area (TPSA) is 81.7 Å². The number of rotatable bonds is 6. The van der Waals surface area contributed by atoms with Gasteiger partial charge in [-0.05, 0) is 44.6 Å². The van der Waals surface area contributed by atoms with Crippen LogP contribution in [0.25, 0.3) is 0 Å². The summed E-state index contributed by atoms with van der Waals surface area (Å²) in [7, 11) is 3.57. The first kappa shape index (κ1) is 16.0. The molecule has 1 aromatic rings. The second kappa shape index (κ2) is 7.49. The Morgan fingerprint density at radius 3 is 2.65 bits per heavy atom. The minimum atomic E-state index is -1.01. The number of urea groups is 1. The van der Waals surface area contributed by atoms with Crippen LogP contribution >= 0.6 is 0 Å². The molecule has 0 fully saturated rings. The molecule has 6 heteroatoms. The average molecular weight is 279 g/mol. The van der Waals surface area contributed by atoms with Crippen LogP contribution in [-0.2, 0) is 0 Å². The summed E-state index contributed by atoms with van der Waals surface area (Å²) in [4.78, 5) is 24.5. The third-order valence-electron chi connectivity index (χ3n) is 2.99. The van der Waals surface area contributed by atoms with Gasteiger partial charge >= 0.3 is 12.0 Å². The van der Waals surface area contributed by atoms with Crippen molar-refractivity contribution in [2.45, 2.75) is 13.3 Å². The molecule has 0 aromatic heterocycles. The average Bonchev–Trinajstić information content (AvgIpc) is 2.41. The number of hydrogen-bond donors (Lipinski definition) is 3. The fraction of sp³-hybridized carbons (Fsp3) is 0.429. The second-order valence-electron chi connectivity index (χ2n) is 4.64. The van der Waals surface area contributed by atoms with Crippen molar-refractivity contribution >= 4 is 17.7 Å². The smallest absolute Gasteiger partial charge is 0.335 e. The highest BCUT2D eigenvalue weighted by Crippen LogP contribution is 2.17. The molecule has 0 spiro atoms. The van der Waals surface area contributed by atoms with Crippen molar-refractivity contribution in [3.8, 4) is 0 Å². The first-order valence-corrected chi connectivity index (χ1v) is 6.46. The number of nitrogens with one attached hydrogen (secondary N) is 2. The molecule has 3 N–H and O–H groups in total. The lowest BCUT2D eigenvalue weighted by Gasteiger charge is -2.19. The molecule has 0 saturated heterocycles. The number of amides is 2. The van der Waals surface area contributed by atoms with E-state index in [2.05, 4.69) is 10.6 Å². The van der Waals surface area contributed by atoms with Crippen LogP contribution in [0.5, 0.6) is 0 Å². The predicted molar refractivity (Wildman–Crippen MR) is 78.3 cm³/mol. The van der Waals surface area contributed by atoms with Gasteiger partial charge in [-0.3, -0.25) is 0 Å². The highest BCUT2D eigenvalue weighted by Gasteiger charge is 2.11. The Morgan fingerprint density at radius 1 is 1.35 bits per heavy atom. The van der Waals surface area contributed by atoms with E-state index in [9.17, 15) is 9.59 Å². The van der Waals surface area contributed by atoms with Crippen molar-refractivity contribution in [1.29, 1.82) is 0 Å². The van der Waals surface area contributed by atoms with Crippen LogP contribution < -0.4 is 10.6 Å². The van der Waals surface area contributed by atoms with Crippen LogP contribution in [0, 0.1) is 6.92 Å². The SMILES string of the molecule is CNCCCN(C)C(=O)Nc1cc(C(=O)O)ccc1C. The summed E-state index contributed by atoms with van der Waals surface area (Å²) in [5.41, 5.74) is 1.51. The van der Waals surface area contributed by atoms with E-state index in [1.165, 1.54) is 12.1 Å². The Morgan fingerprint density at radius 2 is 2.05 bits per heavy atom. The molecule has 0 unspecified atom stereocenters. The Bertz CT molecular complexity index is 489. The van der Waals surface area contributed by atoms with Crippen molar-refractivity contribution < 1.29 is 14.7 Å². The zero-order chi connectivity index (χ0) is 15.1. The number of carboxylic acid groups (broad SMARTS) is 1. The molecule has 1 rings (SSSR count). The second-order valence-corrected chi connectivity index (χ2v) is 4.64. The summed E-state index contributed by atoms with van der Waals surface area (Å²) in [6, 6.07) is 4.42. The van der Waals surface area contributed by atoms with Crippen LogP contribution in [0.3, 0.4) is 0 Å². The monoisotopic (exact) mass is 279 g/mol. The van der Waals surface area contributed by atoms with Gasteiger partial charge < -0.3 is 20.6 Å². The molecule has 0 aliphatic rings. The van der Waals surface area contributed by atoms with E-state index in [4.69, 9.17) is 5.11 Å². The zero-order valence-corrected chi connectivity index (χ0v) is 12.1. The Kier molecular flexibility index (Phi) is 5.99. The highest BCUT2D eigenvalue weighted by molar-refractivity contribution is 5.93. The van der Waals surface area contributed by atoms with E-state index in [-0.39, 0.29) is 11.6 Å². The number of aryl methyl sites for hydroxylation is 1. The quantitative estimate of drug-likeness (QED) is 0.693. The highest BCUT2D eigenvalue weighted by atomic mass is 16.4. The Hall–Kier alpha value is -2.08. The molecule has 0 aliphatic heterocycles. The summed E-state index contributed by atoms with van der Waals surface area (Å²) in [5.74, 6) is -1.01. The van der Waals surface area contributed by atoms with Crippen molar-refractivity contribution in [3.05, 3.63) is 29.3 Å². The number of carbonyl (C=O) groups excluding carboxylic acids is 1. The number of anilines is 1. The van der Waals surface area contributed by atoms with Gasteiger partial charge in [-0.2, -0.15) is 0 Å². The molecule has 0 atom stereocenters. The summed E-state index contributed by atoms with van der Waals surface area (Å²) < 4.78 is 0. The van der Waals surface area contributed by atoms with Crippen molar-refractivity contribution in [2.24, 2.45) is 0 Å². The van der Waals surface area contributed by atoms with Crippen molar-refractivity contribution in [1.82, 2.24) is 10.2 Å².